The highest BCUT2D eigenvalue weighted by Crippen LogP contribution is 2.27. The van der Waals surface area contributed by atoms with Crippen molar-refractivity contribution < 1.29 is 22.7 Å². The monoisotopic (exact) mass is 571 g/mol. The molecule has 0 fully saturated rings. The first-order chi connectivity index (χ1) is 18.6. The summed E-state index contributed by atoms with van der Waals surface area (Å²) in [6, 6.07) is 19.1. The number of likely N-dealkylation sites (N-methyl/N-ethyl adjacent to an activating group) is 1. The molecular weight excluding hydrogens is 538 g/mol. The Balaban J connectivity index is 2.07. The van der Waals surface area contributed by atoms with Crippen LogP contribution in [0.4, 0.5) is 5.69 Å². The average molecular weight is 572 g/mol. The number of nitrogens with zero attached hydrogens (tertiary/aromatic N) is 2. The summed E-state index contributed by atoms with van der Waals surface area (Å²) in [6.45, 7) is 5.36. The third-order valence-electron chi connectivity index (χ3n) is 6.28. The molecule has 0 aromatic heterocycles. The van der Waals surface area contributed by atoms with Gasteiger partial charge in [0.05, 0.1) is 17.7 Å². The Morgan fingerprint density at radius 3 is 2.18 bits per heavy atom. The minimum absolute atomic E-state index is 0.0369. The summed E-state index contributed by atoms with van der Waals surface area (Å²) < 4.78 is 34.0. The zero-order valence-electron chi connectivity index (χ0n) is 22.6. The van der Waals surface area contributed by atoms with Gasteiger partial charge in [-0.1, -0.05) is 54.4 Å². The molecule has 0 aliphatic carbocycles. The lowest BCUT2D eigenvalue weighted by Crippen LogP contribution is -2.52. The van der Waals surface area contributed by atoms with E-state index < -0.39 is 28.5 Å². The number of halogens is 1. The molecule has 0 saturated carbocycles. The molecular formula is C29H34ClN3O5S. The Hall–Kier alpha value is -3.56. The quantitative estimate of drug-likeness (QED) is 0.337. The Morgan fingerprint density at radius 2 is 1.62 bits per heavy atom. The van der Waals surface area contributed by atoms with Gasteiger partial charge in [0, 0.05) is 18.1 Å². The summed E-state index contributed by atoms with van der Waals surface area (Å²) >= 11 is 6.40. The van der Waals surface area contributed by atoms with E-state index in [0.717, 1.165) is 9.87 Å². The minimum atomic E-state index is -4.14. The van der Waals surface area contributed by atoms with E-state index in [1.807, 2.05) is 6.92 Å². The molecule has 0 bridgehead atoms. The molecule has 3 aromatic rings. The topological polar surface area (TPSA) is 96.0 Å². The van der Waals surface area contributed by atoms with Crippen molar-refractivity contribution in [3.8, 4) is 5.75 Å². The molecule has 0 aliphatic rings. The molecule has 0 spiro atoms. The number of benzene rings is 3. The largest absolute Gasteiger partial charge is 0.497 e. The van der Waals surface area contributed by atoms with Crippen LogP contribution in [-0.2, 0) is 26.2 Å². The molecule has 3 rings (SSSR count). The third-order valence-corrected chi connectivity index (χ3v) is 8.44. The fourth-order valence-electron chi connectivity index (χ4n) is 4.14. The van der Waals surface area contributed by atoms with Crippen molar-refractivity contribution in [3.05, 3.63) is 88.9 Å². The lowest BCUT2D eigenvalue weighted by atomic mass is 10.1. The van der Waals surface area contributed by atoms with Crippen molar-refractivity contribution in [1.82, 2.24) is 10.2 Å². The number of ether oxygens (including phenoxy) is 1. The van der Waals surface area contributed by atoms with E-state index in [9.17, 15) is 18.0 Å². The Morgan fingerprint density at radius 1 is 0.974 bits per heavy atom. The second-order valence-electron chi connectivity index (χ2n) is 8.95. The number of aryl methyl sites for hydroxylation is 1. The van der Waals surface area contributed by atoms with Crippen LogP contribution in [0.3, 0.4) is 0 Å². The SMILES string of the molecule is CCNC(=O)[C@@H](CC)N(Cc1ccccc1Cl)C(=O)CN(c1ccc(OC)cc1)S(=O)(=O)c1ccc(C)cc1. The summed E-state index contributed by atoms with van der Waals surface area (Å²) in [5.41, 5.74) is 1.83. The molecule has 10 heteroatoms. The minimum Gasteiger partial charge on any atom is -0.497 e. The van der Waals surface area contributed by atoms with Gasteiger partial charge in [-0.25, -0.2) is 8.42 Å². The summed E-state index contributed by atoms with van der Waals surface area (Å²) in [6.07, 6.45) is 0.329. The molecule has 39 heavy (non-hydrogen) atoms. The molecule has 208 valence electrons. The van der Waals surface area contributed by atoms with Crippen LogP contribution in [0.2, 0.25) is 5.02 Å². The zero-order chi connectivity index (χ0) is 28.6. The Kier molecular flexibility index (Phi) is 10.4. The first-order valence-corrected chi connectivity index (χ1v) is 14.5. The van der Waals surface area contributed by atoms with E-state index in [4.69, 9.17) is 16.3 Å². The van der Waals surface area contributed by atoms with Gasteiger partial charge in [0.1, 0.15) is 18.3 Å². The van der Waals surface area contributed by atoms with Gasteiger partial charge >= 0.3 is 0 Å². The van der Waals surface area contributed by atoms with Crippen LogP contribution in [0.25, 0.3) is 0 Å². The Bertz CT molecular complexity index is 1380. The smallest absolute Gasteiger partial charge is 0.264 e. The van der Waals surface area contributed by atoms with E-state index in [-0.39, 0.29) is 23.0 Å². The van der Waals surface area contributed by atoms with Gasteiger partial charge in [-0.15, -0.1) is 0 Å². The number of amides is 2. The summed E-state index contributed by atoms with van der Waals surface area (Å²) in [5.74, 6) is -0.322. The first kappa shape index (κ1) is 30.0. The van der Waals surface area contributed by atoms with Crippen LogP contribution < -0.4 is 14.4 Å². The number of nitrogens with one attached hydrogen (secondary N) is 1. The highest BCUT2D eigenvalue weighted by Gasteiger charge is 2.33. The first-order valence-electron chi connectivity index (χ1n) is 12.7. The molecule has 0 radical (unpaired) electrons. The molecule has 0 saturated heterocycles. The fourth-order valence-corrected chi connectivity index (χ4v) is 5.75. The van der Waals surface area contributed by atoms with E-state index in [2.05, 4.69) is 5.32 Å². The van der Waals surface area contributed by atoms with Crippen molar-refractivity contribution in [3.63, 3.8) is 0 Å². The lowest BCUT2D eigenvalue weighted by molar-refractivity contribution is -0.140. The van der Waals surface area contributed by atoms with E-state index in [1.165, 1.54) is 24.1 Å². The number of methoxy groups -OCH3 is 1. The number of rotatable bonds is 12. The second-order valence-corrected chi connectivity index (χ2v) is 11.2. The highest BCUT2D eigenvalue weighted by molar-refractivity contribution is 7.92. The van der Waals surface area contributed by atoms with E-state index in [1.54, 1.807) is 74.5 Å². The van der Waals surface area contributed by atoms with E-state index >= 15 is 0 Å². The van der Waals surface area contributed by atoms with Gasteiger partial charge in [0.25, 0.3) is 10.0 Å². The summed E-state index contributed by atoms with van der Waals surface area (Å²) in [5, 5.41) is 3.22. The predicted octanol–water partition coefficient (Wildman–Crippen LogP) is 4.80. The van der Waals surface area contributed by atoms with Crippen LogP contribution in [0.5, 0.6) is 5.75 Å². The van der Waals surface area contributed by atoms with Crippen LogP contribution in [-0.4, -0.2) is 51.4 Å². The van der Waals surface area contributed by atoms with Crippen molar-refractivity contribution in [1.29, 1.82) is 0 Å². The van der Waals surface area contributed by atoms with Crippen LogP contribution in [0, 0.1) is 6.92 Å². The van der Waals surface area contributed by atoms with Crippen molar-refractivity contribution in [2.75, 3.05) is 24.5 Å². The van der Waals surface area contributed by atoms with Crippen LogP contribution in [0.1, 0.15) is 31.4 Å². The number of hydrogen-bond acceptors (Lipinski definition) is 5. The lowest BCUT2D eigenvalue weighted by Gasteiger charge is -2.33. The maximum atomic E-state index is 14.0. The van der Waals surface area contributed by atoms with Gasteiger partial charge in [-0.2, -0.15) is 0 Å². The molecule has 8 nitrogen and oxygen atoms in total. The maximum absolute atomic E-state index is 14.0. The number of sulfonamides is 1. The molecule has 1 N–H and O–H groups in total. The molecule has 0 unspecified atom stereocenters. The summed E-state index contributed by atoms with van der Waals surface area (Å²) in [4.78, 5) is 28.4. The molecule has 3 aromatic carbocycles. The number of hydrogen-bond donors (Lipinski definition) is 1. The fraction of sp³-hybridized carbons (Fsp3) is 0.310. The Labute approximate surface area is 235 Å². The van der Waals surface area contributed by atoms with E-state index in [0.29, 0.717) is 29.3 Å². The van der Waals surface area contributed by atoms with Crippen LogP contribution >= 0.6 is 11.6 Å². The number of anilines is 1. The number of carbonyl (C=O) groups is 2. The normalized spacial score (nSPS) is 11.9. The zero-order valence-corrected chi connectivity index (χ0v) is 24.1. The molecule has 1 atom stereocenters. The number of carbonyl (C=O) groups excluding carboxylic acids is 2. The summed E-state index contributed by atoms with van der Waals surface area (Å²) in [7, 11) is -2.63. The van der Waals surface area contributed by atoms with Crippen molar-refractivity contribution in [2.45, 2.75) is 44.7 Å². The van der Waals surface area contributed by atoms with Gasteiger partial charge in [0.15, 0.2) is 0 Å². The third kappa shape index (κ3) is 7.30. The predicted molar refractivity (Wildman–Crippen MR) is 153 cm³/mol. The average Bonchev–Trinajstić information content (AvgIpc) is 2.93. The second kappa shape index (κ2) is 13.5. The molecule has 2 amide bonds. The van der Waals surface area contributed by atoms with Gasteiger partial charge in [-0.3, -0.25) is 13.9 Å². The molecule has 0 aliphatic heterocycles. The highest BCUT2D eigenvalue weighted by atomic mass is 35.5. The maximum Gasteiger partial charge on any atom is 0.264 e. The van der Waals surface area contributed by atoms with Gasteiger partial charge in [0.2, 0.25) is 11.8 Å². The molecule has 0 heterocycles. The standard InChI is InChI=1S/C29H34ClN3O5S/c1-5-27(29(35)31-6-2)32(19-22-9-7-8-10-26(22)30)28(34)20-33(23-13-15-24(38-4)16-14-23)39(36,37)25-17-11-21(3)12-18-25/h7-18,27H,5-6,19-20H2,1-4H3,(H,31,35)/t27-/m1/s1. The van der Waals surface area contributed by atoms with Crippen LogP contribution in [0.15, 0.2) is 77.7 Å². The van der Waals surface area contributed by atoms with Gasteiger partial charge in [-0.05, 0) is 68.3 Å². The van der Waals surface area contributed by atoms with Gasteiger partial charge < -0.3 is 15.0 Å². The van der Waals surface area contributed by atoms with Crippen molar-refractivity contribution >= 4 is 39.1 Å². The van der Waals surface area contributed by atoms with Crippen molar-refractivity contribution in [2.24, 2.45) is 0 Å².